The topological polar surface area (TPSA) is 66.5 Å². The number of anilines is 1. The van der Waals surface area contributed by atoms with Crippen molar-refractivity contribution in [2.24, 2.45) is 0 Å². The van der Waals surface area contributed by atoms with Gasteiger partial charge in [0.25, 0.3) is 0 Å². The number of rotatable bonds is 7. The van der Waals surface area contributed by atoms with Crippen molar-refractivity contribution >= 4 is 33.2 Å². The van der Waals surface area contributed by atoms with E-state index in [1.165, 1.54) is 0 Å². The molecule has 0 aliphatic carbocycles. The summed E-state index contributed by atoms with van der Waals surface area (Å²) in [6, 6.07) is 4.13. The highest BCUT2D eigenvalue weighted by atomic mass is 35.5. The van der Waals surface area contributed by atoms with Crippen LogP contribution in [0.4, 0.5) is 5.69 Å². The second-order valence-corrected chi connectivity index (χ2v) is 8.16. The number of aryl methyl sites for hydroxylation is 1. The Bertz CT molecular complexity index is 661. The van der Waals surface area contributed by atoms with Crippen molar-refractivity contribution in [2.75, 3.05) is 10.6 Å². The van der Waals surface area contributed by atoms with Gasteiger partial charge in [0.1, 0.15) is 6.04 Å². The zero-order valence-corrected chi connectivity index (χ0v) is 15.8. The van der Waals surface area contributed by atoms with Crippen molar-refractivity contribution < 1.29 is 13.2 Å². The predicted octanol–water partition coefficient (Wildman–Crippen LogP) is 3.11. The Morgan fingerprint density at radius 2 is 1.96 bits per heavy atom. The Hall–Kier alpha value is -1.27. The van der Waals surface area contributed by atoms with E-state index in [0.717, 1.165) is 29.0 Å². The summed E-state index contributed by atoms with van der Waals surface area (Å²) in [7, 11) is -3.64. The zero-order valence-electron chi connectivity index (χ0n) is 14.3. The second-order valence-electron chi connectivity index (χ2n) is 5.86. The molecule has 130 valence electrons. The summed E-state index contributed by atoms with van der Waals surface area (Å²) in [6.45, 7) is 7.30. The third kappa shape index (κ3) is 5.39. The maximum absolute atomic E-state index is 12.4. The van der Waals surface area contributed by atoms with Crippen molar-refractivity contribution in [3.05, 3.63) is 28.8 Å². The summed E-state index contributed by atoms with van der Waals surface area (Å²) in [4.78, 5) is 12.4. The van der Waals surface area contributed by atoms with Crippen LogP contribution in [-0.4, -0.2) is 32.7 Å². The molecule has 5 nitrogen and oxygen atoms in total. The quantitative estimate of drug-likeness (QED) is 0.812. The maximum atomic E-state index is 12.4. The fraction of sp³-hybridized carbons (Fsp3) is 0.562. The third-order valence-corrected chi connectivity index (χ3v) is 5.07. The second kappa shape index (κ2) is 8.02. The monoisotopic (exact) mass is 360 g/mol. The highest BCUT2D eigenvalue weighted by Crippen LogP contribution is 2.28. The molecule has 0 aromatic heterocycles. The molecule has 0 saturated heterocycles. The molecular weight excluding hydrogens is 336 g/mol. The van der Waals surface area contributed by atoms with E-state index in [1.807, 2.05) is 13.8 Å². The van der Waals surface area contributed by atoms with Gasteiger partial charge in [0.2, 0.25) is 15.9 Å². The first-order valence-electron chi connectivity index (χ1n) is 7.63. The number of nitrogens with one attached hydrogen (secondary N) is 1. The number of benzene rings is 1. The number of sulfonamides is 1. The standard InChI is InChI=1S/C16H25ClN2O3S/c1-6-7-12(3)18-16(20)13(4)19(23(5,21)22)15-10-14(17)9-8-11(15)2/h8-10,12-13H,6-7H2,1-5H3,(H,18,20)/t12-,13-/m0/s1. The van der Waals surface area contributed by atoms with Gasteiger partial charge in [-0.1, -0.05) is 31.0 Å². The number of hydrogen-bond donors (Lipinski definition) is 1. The summed E-state index contributed by atoms with van der Waals surface area (Å²) in [5.41, 5.74) is 1.16. The lowest BCUT2D eigenvalue weighted by Gasteiger charge is -2.30. The van der Waals surface area contributed by atoms with Crippen LogP contribution in [0, 0.1) is 6.92 Å². The van der Waals surface area contributed by atoms with E-state index in [2.05, 4.69) is 5.32 Å². The minimum atomic E-state index is -3.64. The van der Waals surface area contributed by atoms with Gasteiger partial charge in [-0.3, -0.25) is 9.10 Å². The molecule has 0 aliphatic heterocycles. The Morgan fingerprint density at radius 3 is 2.48 bits per heavy atom. The van der Waals surface area contributed by atoms with Crippen LogP contribution in [0.25, 0.3) is 0 Å². The highest BCUT2D eigenvalue weighted by molar-refractivity contribution is 7.92. The lowest BCUT2D eigenvalue weighted by atomic mass is 10.1. The van der Waals surface area contributed by atoms with Crippen LogP contribution in [-0.2, 0) is 14.8 Å². The van der Waals surface area contributed by atoms with Crippen LogP contribution in [0.2, 0.25) is 5.02 Å². The Labute approximate surface area is 144 Å². The number of hydrogen-bond acceptors (Lipinski definition) is 3. The summed E-state index contributed by atoms with van der Waals surface area (Å²) in [5.74, 6) is -0.323. The van der Waals surface area contributed by atoms with Gasteiger partial charge in [-0.15, -0.1) is 0 Å². The highest BCUT2D eigenvalue weighted by Gasteiger charge is 2.30. The molecule has 1 rings (SSSR count). The van der Waals surface area contributed by atoms with Gasteiger partial charge >= 0.3 is 0 Å². The molecule has 0 heterocycles. The molecule has 0 saturated carbocycles. The van der Waals surface area contributed by atoms with Gasteiger partial charge in [0.15, 0.2) is 0 Å². The molecule has 0 radical (unpaired) electrons. The van der Waals surface area contributed by atoms with Gasteiger partial charge in [0.05, 0.1) is 11.9 Å². The fourth-order valence-electron chi connectivity index (χ4n) is 2.47. The fourth-order valence-corrected chi connectivity index (χ4v) is 3.86. The van der Waals surface area contributed by atoms with Crippen molar-refractivity contribution in [3.63, 3.8) is 0 Å². The normalized spacial score (nSPS) is 14.2. The lowest BCUT2D eigenvalue weighted by molar-refractivity contribution is -0.122. The number of carbonyl (C=O) groups is 1. The Balaban J connectivity index is 3.17. The van der Waals surface area contributed by atoms with Crippen LogP contribution >= 0.6 is 11.6 Å². The largest absolute Gasteiger partial charge is 0.352 e. The van der Waals surface area contributed by atoms with Crippen LogP contribution in [0.15, 0.2) is 18.2 Å². The van der Waals surface area contributed by atoms with Crippen LogP contribution in [0.3, 0.4) is 0 Å². The van der Waals surface area contributed by atoms with Crippen molar-refractivity contribution in [1.29, 1.82) is 0 Å². The van der Waals surface area contributed by atoms with Gasteiger partial charge in [0, 0.05) is 11.1 Å². The predicted molar refractivity (Wildman–Crippen MR) is 95.5 cm³/mol. The smallest absolute Gasteiger partial charge is 0.243 e. The summed E-state index contributed by atoms with van der Waals surface area (Å²) < 4.78 is 25.6. The molecule has 0 fully saturated rings. The molecule has 2 atom stereocenters. The molecule has 0 unspecified atom stereocenters. The van der Waals surface area contributed by atoms with Crippen molar-refractivity contribution in [1.82, 2.24) is 5.32 Å². The van der Waals surface area contributed by atoms with Gasteiger partial charge < -0.3 is 5.32 Å². The van der Waals surface area contributed by atoms with Crippen LogP contribution in [0.1, 0.15) is 39.2 Å². The van der Waals surface area contributed by atoms with Gasteiger partial charge in [-0.25, -0.2) is 8.42 Å². The van der Waals surface area contributed by atoms with E-state index in [1.54, 1.807) is 32.0 Å². The Morgan fingerprint density at radius 1 is 1.35 bits per heavy atom. The van der Waals surface area contributed by atoms with E-state index in [4.69, 9.17) is 11.6 Å². The number of amides is 1. The summed E-state index contributed by atoms with van der Waals surface area (Å²) >= 11 is 6.00. The van der Waals surface area contributed by atoms with E-state index >= 15 is 0 Å². The molecule has 0 spiro atoms. The minimum absolute atomic E-state index is 0.00295. The van der Waals surface area contributed by atoms with Crippen LogP contribution in [0.5, 0.6) is 0 Å². The molecule has 0 bridgehead atoms. The van der Waals surface area contributed by atoms with E-state index < -0.39 is 16.1 Å². The third-order valence-electron chi connectivity index (χ3n) is 3.61. The Kier molecular flexibility index (Phi) is 6.89. The number of carbonyl (C=O) groups excluding carboxylic acids is 1. The van der Waals surface area contributed by atoms with E-state index in [9.17, 15) is 13.2 Å². The average Bonchev–Trinajstić information content (AvgIpc) is 2.41. The molecular formula is C16H25ClN2O3S. The van der Waals surface area contributed by atoms with E-state index in [-0.39, 0.29) is 11.9 Å². The van der Waals surface area contributed by atoms with Crippen molar-refractivity contribution in [2.45, 2.75) is 52.6 Å². The van der Waals surface area contributed by atoms with Gasteiger partial charge in [-0.05, 0) is 44.9 Å². The average molecular weight is 361 g/mol. The molecule has 7 heteroatoms. The van der Waals surface area contributed by atoms with E-state index in [0.29, 0.717) is 10.7 Å². The molecule has 0 aliphatic rings. The molecule has 1 aromatic rings. The molecule has 23 heavy (non-hydrogen) atoms. The van der Waals surface area contributed by atoms with Crippen molar-refractivity contribution in [3.8, 4) is 0 Å². The minimum Gasteiger partial charge on any atom is -0.352 e. The first-order valence-corrected chi connectivity index (χ1v) is 9.86. The molecule has 1 N–H and O–H groups in total. The van der Waals surface area contributed by atoms with Gasteiger partial charge in [-0.2, -0.15) is 0 Å². The maximum Gasteiger partial charge on any atom is 0.243 e. The number of nitrogens with zero attached hydrogens (tertiary/aromatic N) is 1. The SMILES string of the molecule is CCC[C@H](C)NC(=O)[C@H](C)N(c1cc(Cl)ccc1C)S(C)(=O)=O. The zero-order chi connectivity index (χ0) is 17.8. The van der Waals surface area contributed by atoms with Crippen LogP contribution < -0.4 is 9.62 Å². The number of halogens is 1. The lowest BCUT2D eigenvalue weighted by Crippen LogP contribution is -2.50. The summed E-state index contributed by atoms with van der Waals surface area (Å²) in [6.07, 6.45) is 2.87. The first kappa shape index (κ1) is 19.8. The molecule has 1 amide bonds. The molecule has 1 aromatic carbocycles. The first-order chi connectivity index (χ1) is 10.6. The summed E-state index contributed by atoms with van der Waals surface area (Å²) in [5, 5.41) is 3.28.